The van der Waals surface area contributed by atoms with Gasteiger partial charge in [0.2, 0.25) is 0 Å². The van der Waals surface area contributed by atoms with Crippen LogP contribution in [0.4, 0.5) is 0 Å². The van der Waals surface area contributed by atoms with Gasteiger partial charge in [0.05, 0.1) is 9.90 Å². The van der Waals surface area contributed by atoms with Crippen LogP contribution in [0.3, 0.4) is 0 Å². The molecule has 0 amide bonds. The van der Waals surface area contributed by atoms with Crippen molar-refractivity contribution in [3.63, 3.8) is 0 Å². The number of thiophene rings is 1. The molecule has 1 rings (SSSR count). The molecule has 0 atom stereocenters. The molecule has 0 radical (unpaired) electrons. The highest BCUT2D eigenvalue weighted by Crippen LogP contribution is 2.14. The maximum Gasteiger partial charge on any atom is 0.171 e. The lowest BCUT2D eigenvalue weighted by molar-refractivity contribution is 0.102. The number of halogens is 1. The first-order valence-electron chi connectivity index (χ1n) is 4.19. The molecule has 80 valence electrons. The zero-order valence-corrected chi connectivity index (χ0v) is 10.3. The molecular formula is C12H13ClOS. The summed E-state index contributed by atoms with van der Waals surface area (Å²) in [6.07, 6.45) is 3.39. The number of carbonyl (C=O) groups excluding carboxylic acids is 1. The lowest BCUT2D eigenvalue weighted by Gasteiger charge is -1.87. The van der Waals surface area contributed by atoms with E-state index in [4.69, 9.17) is 11.6 Å². The zero-order valence-electron chi connectivity index (χ0n) is 8.68. The minimum atomic E-state index is -0.0244. The van der Waals surface area contributed by atoms with Crippen LogP contribution in [0.15, 0.2) is 25.8 Å². The fraction of sp³-hybridized carbons (Fsp3) is 0.0833. The van der Waals surface area contributed by atoms with Crippen molar-refractivity contribution < 1.29 is 4.79 Å². The summed E-state index contributed by atoms with van der Waals surface area (Å²) in [7, 11) is 0. The van der Waals surface area contributed by atoms with E-state index in [1.54, 1.807) is 12.2 Å². The maximum absolute atomic E-state index is 11.1. The van der Waals surface area contributed by atoms with Crippen molar-refractivity contribution in [2.75, 3.05) is 0 Å². The Morgan fingerprint density at radius 2 is 2.00 bits per heavy atom. The fourth-order valence-electron chi connectivity index (χ4n) is 0.978. The van der Waals surface area contributed by atoms with Crippen molar-refractivity contribution in [1.29, 1.82) is 0 Å². The minimum Gasteiger partial charge on any atom is -0.294 e. The van der Waals surface area contributed by atoms with Gasteiger partial charge in [0.1, 0.15) is 0 Å². The zero-order chi connectivity index (χ0) is 12.0. The lowest BCUT2D eigenvalue weighted by Crippen LogP contribution is -2.16. The Hall–Kier alpha value is -1.12. The minimum absolute atomic E-state index is 0.0244. The van der Waals surface area contributed by atoms with Gasteiger partial charge in [0.15, 0.2) is 5.78 Å². The Morgan fingerprint density at radius 1 is 1.47 bits per heavy atom. The van der Waals surface area contributed by atoms with Crippen LogP contribution >= 0.6 is 22.9 Å². The molecule has 0 aliphatic carbocycles. The first kappa shape index (κ1) is 13.9. The summed E-state index contributed by atoms with van der Waals surface area (Å²) >= 11 is 7.29. The van der Waals surface area contributed by atoms with Gasteiger partial charge in [0.25, 0.3) is 0 Å². The van der Waals surface area contributed by atoms with E-state index in [0.29, 0.717) is 9.90 Å². The van der Waals surface area contributed by atoms with Gasteiger partial charge in [-0.3, -0.25) is 4.79 Å². The number of hydrogen-bond donors (Lipinski definition) is 0. The van der Waals surface area contributed by atoms with Crippen LogP contribution < -0.4 is 9.75 Å². The van der Waals surface area contributed by atoms with Crippen LogP contribution in [-0.4, -0.2) is 5.78 Å². The third kappa shape index (κ3) is 3.18. The van der Waals surface area contributed by atoms with E-state index < -0.39 is 0 Å². The van der Waals surface area contributed by atoms with Crippen molar-refractivity contribution in [2.24, 2.45) is 0 Å². The molecule has 0 saturated heterocycles. The Kier molecular flexibility index (Phi) is 5.90. The van der Waals surface area contributed by atoms with Crippen molar-refractivity contribution in [3.8, 4) is 0 Å². The smallest absolute Gasteiger partial charge is 0.171 e. The summed E-state index contributed by atoms with van der Waals surface area (Å²) < 4.78 is 0.801. The van der Waals surface area contributed by atoms with Gasteiger partial charge >= 0.3 is 0 Å². The second-order valence-corrected chi connectivity index (χ2v) is 4.02. The molecule has 1 heterocycles. The van der Waals surface area contributed by atoms with Gasteiger partial charge < -0.3 is 0 Å². The standard InChI is InChI=1S/C10H9ClOS.C2H4/c1-4-5-8-7(3)13-10(6(2)12)9(8)11;1-2/h4-5H,1,3H2,2H3;1-2H2/b8-5+;. The number of hydrogen-bond acceptors (Lipinski definition) is 2. The molecule has 0 aromatic carbocycles. The monoisotopic (exact) mass is 240 g/mol. The maximum atomic E-state index is 11.1. The van der Waals surface area contributed by atoms with Crippen molar-refractivity contribution in [2.45, 2.75) is 6.92 Å². The molecule has 15 heavy (non-hydrogen) atoms. The number of Topliss-reactive ketones (excluding diaryl/α,β-unsaturated/α-hetero) is 1. The van der Waals surface area contributed by atoms with E-state index in [-0.39, 0.29) is 5.78 Å². The Bertz CT molecular complexity index is 471. The van der Waals surface area contributed by atoms with E-state index in [0.717, 1.165) is 9.75 Å². The summed E-state index contributed by atoms with van der Waals surface area (Å²) in [5.74, 6) is -0.0244. The van der Waals surface area contributed by atoms with Crippen LogP contribution in [0.1, 0.15) is 16.6 Å². The number of rotatable bonds is 2. The molecule has 1 aromatic heterocycles. The van der Waals surface area contributed by atoms with Gasteiger partial charge in [0, 0.05) is 16.7 Å². The lowest BCUT2D eigenvalue weighted by atomic mass is 10.3. The largest absolute Gasteiger partial charge is 0.294 e. The number of ketones is 1. The highest BCUT2D eigenvalue weighted by atomic mass is 35.5. The Balaban J connectivity index is 0.000000921. The topological polar surface area (TPSA) is 17.1 Å². The van der Waals surface area contributed by atoms with Crippen LogP contribution in [-0.2, 0) is 0 Å². The summed E-state index contributed by atoms with van der Waals surface area (Å²) in [5.41, 5.74) is 0. The Morgan fingerprint density at radius 3 is 2.33 bits per heavy atom. The van der Waals surface area contributed by atoms with Gasteiger partial charge in [-0.25, -0.2) is 0 Å². The van der Waals surface area contributed by atoms with Crippen LogP contribution in [0.2, 0.25) is 5.02 Å². The average Bonchev–Trinajstić information content (AvgIpc) is 2.49. The quantitative estimate of drug-likeness (QED) is 0.574. The van der Waals surface area contributed by atoms with E-state index in [1.807, 2.05) is 0 Å². The highest BCUT2D eigenvalue weighted by molar-refractivity contribution is 7.12. The average molecular weight is 241 g/mol. The highest BCUT2D eigenvalue weighted by Gasteiger charge is 2.09. The van der Waals surface area contributed by atoms with Gasteiger partial charge in [-0.1, -0.05) is 36.9 Å². The van der Waals surface area contributed by atoms with Crippen molar-refractivity contribution in [3.05, 3.63) is 45.5 Å². The van der Waals surface area contributed by atoms with Crippen LogP contribution in [0, 0.1) is 0 Å². The van der Waals surface area contributed by atoms with Gasteiger partial charge in [-0.15, -0.1) is 24.5 Å². The molecule has 0 aliphatic rings. The molecule has 0 N–H and O–H groups in total. The number of allylic oxidation sites excluding steroid dienone is 1. The molecule has 1 nitrogen and oxygen atoms in total. The molecule has 0 unspecified atom stereocenters. The fourth-order valence-corrected chi connectivity index (χ4v) is 2.33. The van der Waals surface area contributed by atoms with Crippen LogP contribution in [0.25, 0.3) is 12.7 Å². The molecule has 0 bridgehead atoms. The molecular weight excluding hydrogens is 228 g/mol. The van der Waals surface area contributed by atoms with E-state index in [2.05, 4.69) is 26.3 Å². The predicted molar refractivity (Wildman–Crippen MR) is 70.0 cm³/mol. The molecule has 1 aromatic rings. The van der Waals surface area contributed by atoms with Crippen molar-refractivity contribution in [1.82, 2.24) is 0 Å². The number of carbonyl (C=O) groups is 1. The molecule has 0 spiro atoms. The summed E-state index contributed by atoms with van der Waals surface area (Å²) in [4.78, 5) is 11.7. The molecule has 0 fully saturated rings. The molecule has 3 heteroatoms. The normalized spacial score (nSPS) is 10.4. The predicted octanol–water partition coefficient (Wildman–Crippen LogP) is 2.78. The van der Waals surface area contributed by atoms with E-state index >= 15 is 0 Å². The second-order valence-electron chi connectivity index (χ2n) is 2.54. The molecule has 0 saturated carbocycles. The second kappa shape index (κ2) is 6.38. The van der Waals surface area contributed by atoms with Crippen LogP contribution in [0.5, 0.6) is 0 Å². The summed E-state index contributed by atoms with van der Waals surface area (Å²) in [6, 6.07) is 0. The summed E-state index contributed by atoms with van der Waals surface area (Å²) in [5, 5.41) is 1.29. The Labute approximate surface area is 98.7 Å². The summed E-state index contributed by atoms with van der Waals surface area (Å²) in [6.45, 7) is 14.9. The van der Waals surface area contributed by atoms with E-state index in [9.17, 15) is 4.79 Å². The molecule has 0 aliphatic heterocycles. The van der Waals surface area contributed by atoms with Gasteiger partial charge in [-0.05, 0) is 0 Å². The first-order valence-corrected chi connectivity index (χ1v) is 5.38. The van der Waals surface area contributed by atoms with Crippen molar-refractivity contribution >= 4 is 41.4 Å². The SMILES string of the molecule is C=C.C=C/C=c1/c(Cl)c(C(C)=O)sc1=C. The van der Waals surface area contributed by atoms with E-state index in [1.165, 1.54) is 18.3 Å². The third-order valence-electron chi connectivity index (χ3n) is 1.57. The van der Waals surface area contributed by atoms with Gasteiger partial charge in [-0.2, -0.15) is 0 Å². The third-order valence-corrected chi connectivity index (χ3v) is 3.23. The first-order chi connectivity index (χ1) is 7.07.